The number of aliphatic imine (C=N–C) groups is 1. The molecule has 0 aliphatic carbocycles. The second-order valence-electron chi connectivity index (χ2n) is 6.03. The summed E-state index contributed by atoms with van der Waals surface area (Å²) in [4.78, 5) is 8.33. The van der Waals surface area contributed by atoms with Crippen molar-refractivity contribution in [2.75, 3.05) is 19.8 Å². The third kappa shape index (κ3) is 2.49. The highest BCUT2D eigenvalue weighted by Crippen LogP contribution is 2.30. The predicted molar refractivity (Wildman–Crippen MR) is 86.6 cm³/mol. The monoisotopic (exact) mass is 302 g/mol. The first-order chi connectivity index (χ1) is 10.3. The lowest BCUT2D eigenvalue weighted by atomic mass is 9.92. The molecule has 0 amide bonds. The van der Waals surface area contributed by atoms with Gasteiger partial charge in [0.05, 0.1) is 11.4 Å². The molecule has 1 fully saturated rings. The Morgan fingerprint density at radius 1 is 1.38 bits per heavy atom. The lowest BCUT2D eigenvalue weighted by Gasteiger charge is -2.24. The van der Waals surface area contributed by atoms with Gasteiger partial charge < -0.3 is 9.72 Å². The van der Waals surface area contributed by atoms with Crippen molar-refractivity contribution in [3.63, 3.8) is 0 Å². The lowest BCUT2D eigenvalue weighted by Crippen LogP contribution is -2.23. The summed E-state index contributed by atoms with van der Waals surface area (Å²) >= 11 is 6.15. The normalized spacial score (nSPS) is 22.1. The Labute approximate surface area is 129 Å². The van der Waals surface area contributed by atoms with Gasteiger partial charge in [-0.15, -0.1) is 0 Å². The molecule has 0 unspecified atom stereocenters. The zero-order valence-corrected chi connectivity index (χ0v) is 12.7. The van der Waals surface area contributed by atoms with E-state index < -0.39 is 0 Å². The number of aromatic nitrogens is 1. The van der Waals surface area contributed by atoms with Crippen LogP contribution in [-0.4, -0.2) is 30.5 Å². The first-order valence-electron chi connectivity index (χ1n) is 7.73. The van der Waals surface area contributed by atoms with Gasteiger partial charge in [0.15, 0.2) is 0 Å². The molecule has 1 saturated heterocycles. The molecule has 0 saturated carbocycles. The second-order valence-corrected chi connectivity index (χ2v) is 6.47. The van der Waals surface area contributed by atoms with Gasteiger partial charge in [-0.25, -0.2) is 0 Å². The van der Waals surface area contributed by atoms with E-state index in [4.69, 9.17) is 21.3 Å². The number of fused-ring (bicyclic) bond motifs is 3. The Hall–Kier alpha value is -1.32. The van der Waals surface area contributed by atoms with E-state index in [1.165, 1.54) is 40.7 Å². The molecule has 1 aromatic heterocycles. The smallest absolute Gasteiger partial charge is 0.0638 e. The summed E-state index contributed by atoms with van der Waals surface area (Å²) in [5, 5.41) is 2.05. The number of nitrogens with zero attached hydrogens (tertiary/aromatic N) is 1. The molecule has 3 nitrogen and oxygen atoms in total. The highest BCUT2D eigenvalue weighted by molar-refractivity contribution is 6.31. The van der Waals surface area contributed by atoms with Gasteiger partial charge in [-0.1, -0.05) is 11.6 Å². The van der Waals surface area contributed by atoms with Crippen LogP contribution >= 0.6 is 11.6 Å². The maximum absolute atomic E-state index is 6.15. The molecule has 1 atom stereocenters. The maximum Gasteiger partial charge on any atom is 0.0638 e. The number of rotatable bonds is 2. The number of ether oxygens (including phenoxy) is 1. The molecule has 3 heterocycles. The summed E-state index contributed by atoms with van der Waals surface area (Å²) < 4.78 is 5.60. The van der Waals surface area contributed by atoms with Crippen LogP contribution < -0.4 is 0 Å². The molecule has 4 rings (SSSR count). The van der Waals surface area contributed by atoms with Crippen LogP contribution in [0.25, 0.3) is 10.9 Å². The summed E-state index contributed by atoms with van der Waals surface area (Å²) in [5.74, 6) is 0.610. The average molecular weight is 303 g/mol. The largest absolute Gasteiger partial charge is 0.381 e. The van der Waals surface area contributed by atoms with E-state index >= 15 is 0 Å². The molecule has 2 aromatic rings. The number of hydrogen-bond donors (Lipinski definition) is 1. The summed E-state index contributed by atoms with van der Waals surface area (Å²) in [6.45, 7) is 2.68. The highest BCUT2D eigenvalue weighted by Gasteiger charge is 2.23. The Kier molecular flexibility index (Phi) is 3.48. The molecule has 0 radical (unpaired) electrons. The summed E-state index contributed by atoms with van der Waals surface area (Å²) in [5.41, 5.74) is 5.00. The fourth-order valence-corrected chi connectivity index (χ4v) is 3.69. The van der Waals surface area contributed by atoms with E-state index in [1.54, 1.807) is 0 Å². The van der Waals surface area contributed by atoms with Crippen molar-refractivity contribution in [3.8, 4) is 0 Å². The Bertz CT molecular complexity index is 698. The summed E-state index contributed by atoms with van der Waals surface area (Å²) in [6.07, 6.45) is 4.45. The fourth-order valence-electron chi connectivity index (χ4n) is 3.52. The Morgan fingerprint density at radius 2 is 2.33 bits per heavy atom. The van der Waals surface area contributed by atoms with E-state index in [-0.39, 0.29) is 0 Å². The van der Waals surface area contributed by atoms with E-state index in [0.29, 0.717) is 5.92 Å². The van der Waals surface area contributed by atoms with Gasteiger partial charge in [-0.2, -0.15) is 0 Å². The van der Waals surface area contributed by atoms with Crippen LogP contribution in [-0.2, 0) is 11.2 Å². The molecule has 0 spiro atoms. The van der Waals surface area contributed by atoms with Crippen molar-refractivity contribution in [3.05, 3.63) is 34.5 Å². The van der Waals surface area contributed by atoms with Crippen LogP contribution in [0.2, 0.25) is 5.02 Å². The van der Waals surface area contributed by atoms with Crippen LogP contribution in [0.1, 0.15) is 30.5 Å². The van der Waals surface area contributed by atoms with Crippen molar-refractivity contribution in [2.45, 2.75) is 25.7 Å². The number of halogens is 1. The summed E-state index contributed by atoms with van der Waals surface area (Å²) in [7, 11) is 0. The lowest BCUT2D eigenvalue weighted by molar-refractivity contribution is 0.0575. The standard InChI is InChI=1S/C17H19ClN2O/c18-12-3-4-15-14(9-12)13-5-6-19-16(17(13)20-15)8-11-2-1-7-21-10-11/h3-4,9,11,20H,1-2,5-8,10H2/t11-/m0/s1. The van der Waals surface area contributed by atoms with E-state index in [2.05, 4.69) is 17.1 Å². The van der Waals surface area contributed by atoms with Crippen molar-refractivity contribution >= 4 is 28.2 Å². The number of aromatic amines is 1. The van der Waals surface area contributed by atoms with E-state index in [1.807, 2.05) is 6.07 Å². The fraction of sp³-hybridized carbons (Fsp3) is 0.471. The quantitative estimate of drug-likeness (QED) is 0.895. The van der Waals surface area contributed by atoms with Crippen LogP contribution in [0.4, 0.5) is 0 Å². The average Bonchev–Trinajstić information content (AvgIpc) is 2.88. The second kappa shape index (κ2) is 5.47. The maximum atomic E-state index is 6.15. The van der Waals surface area contributed by atoms with Gasteiger partial charge in [0, 0.05) is 35.7 Å². The van der Waals surface area contributed by atoms with E-state index in [9.17, 15) is 0 Å². The van der Waals surface area contributed by atoms with Gasteiger partial charge in [0.25, 0.3) is 0 Å². The predicted octanol–water partition coefficient (Wildman–Crippen LogP) is 3.98. The van der Waals surface area contributed by atoms with Crippen LogP contribution in [0.15, 0.2) is 23.2 Å². The van der Waals surface area contributed by atoms with Crippen molar-refractivity contribution in [1.29, 1.82) is 0 Å². The van der Waals surface area contributed by atoms with Gasteiger partial charge in [-0.05, 0) is 55.4 Å². The minimum Gasteiger partial charge on any atom is -0.381 e. The molecule has 1 N–H and O–H groups in total. The number of nitrogens with one attached hydrogen (secondary N) is 1. The molecule has 0 bridgehead atoms. The van der Waals surface area contributed by atoms with Crippen molar-refractivity contribution < 1.29 is 4.74 Å². The van der Waals surface area contributed by atoms with E-state index in [0.717, 1.165) is 37.6 Å². The molecule has 4 heteroatoms. The minimum absolute atomic E-state index is 0.610. The first-order valence-corrected chi connectivity index (χ1v) is 8.10. The SMILES string of the molecule is Clc1ccc2[nH]c3c(c2c1)CCN=C3C[C@@H]1CCCOC1. The topological polar surface area (TPSA) is 37.4 Å². The summed E-state index contributed by atoms with van der Waals surface area (Å²) in [6, 6.07) is 6.08. The van der Waals surface area contributed by atoms with Crippen molar-refractivity contribution in [2.24, 2.45) is 10.9 Å². The zero-order chi connectivity index (χ0) is 14.2. The van der Waals surface area contributed by atoms with Crippen LogP contribution in [0.3, 0.4) is 0 Å². The Balaban J connectivity index is 1.69. The molecular weight excluding hydrogens is 284 g/mol. The Morgan fingerprint density at radius 3 is 3.19 bits per heavy atom. The molecular formula is C17H19ClN2O. The molecule has 2 aliphatic rings. The molecule has 110 valence electrons. The highest BCUT2D eigenvalue weighted by atomic mass is 35.5. The first kappa shape index (κ1) is 13.4. The molecule has 21 heavy (non-hydrogen) atoms. The molecule has 1 aromatic carbocycles. The van der Waals surface area contributed by atoms with Crippen LogP contribution in [0, 0.1) is 5.92 Å². The van der Waals surface area contributed by atoms with Gasteiger partial charge >= 0.3 is 0 Å². The number of benzene rings is 1. The number of H-pyrrole nitrogens is 1. The van der Waals surface area contributed by atoms with Gasteiger partial charge in [0.1, 0.15) is 0 Å². The van der Waals surface area contributed by atoms with Crippen molar-refractivity contribution in [1.82, 2.24) is 4.98 Å². The molecule has 2 aliphatic heterocycles. The third-order valence-corrected chi connectivity index (χ3v) is 4.79. The van der Waals surface area contributed by atoms with Crippen LogP contribution in [0.5, 0.6) is 0 Å². The minimum atomic E-state index is 0.610. The van der Waals surface area contributed by atoms with Gasteiger partial charge in [-0.3, -0.25) is 4.99 Å². The third-order valence-electron chi connectivity index (χ3n) is 4.56. The number of hydrogen-bond acceptors (Lipinski definition) is 2. The zero-order valence-electron chi connectivity index (χ0n) is 12.0. The van der Waals surface area contributed by atoms with Gasteiger partial charge in [0.2, 0.25) is 0 Å².